The van der Waals surface area contributed by atoms with Crippen LogP contribution in [0.1, 0.15) is 32.5 Å². The number of rotatable bonds is 8. The zero-order valence-corrected chi connectivity index (χ0v) is 27.0. The molecule has 204 valence electrons. The minimum absolute atomic E-state index is 0.225. The van der Waals surface area contributed by atoms with Gasteiger partial charge in [0.25, 0.3) is 5.97 Å². The van der Waals surface area contributed by atoms with Crippen molar-refractivity contribution < 1.29 is 35.4 Å². The molecule has 0 aliphatic rings. The van der Waals surface area contributed by atoms with Crippen LogP contribution >= 0.6 is 25.2 Å². The van der Waals surface area contributed by atoms with E-state index in [4.69, 9.17) is 16.3 Å². The molecule has 4 aromatic rings. The third-order valence-corrected chi connectivity index (χ3v) is 4.33. The average Bonchev–Trinajstić information content (AvgIpc) is 3.70. The molecule has 0 radical (unpaired) electrons. The van der Waals surface area contributed by atoms with E-state index in [1.165, 1.54) is 16.3 Å². The summed E-state index contributed by atoms with van der Waals surface area (Å²) in [5.41, 5.74) is 0. The second-order valence-electron chi connectivity index (χ2n) is 6.78. The maximum absolute atomic E-state index is 11.2. The van der Waals surface area contributed by atoms with E-state index in [9.17, 15) is 9.59 Å². The van der Waals surface area contributed by atoms with Crippen molar-refractivity contribution in [1.82, 2.24) is 39.5 Å². The maximum atomic E-state index is 11.2. The van der Waals surface area contributed by atoms with Crippen LogP contribution < -0.4 is 0 Å². The first-order valence-corrected chi connectivity index (χ1v) is 19.0. The molecule has 15 heteroatoms. The van der Waals surface area contributed by atoms with Crippen LogP contribution in [0.15, 0.2) is 61.4 Å². The summed E-state index contributed by atoms with van der Waals surface area (Å²) in [6.45, 7) is 7.73. The Labute approximate surface area is 248 Å². The standard InChI is InChI=1S/C12H14N4O2.C7H5ClN4.C5H9O2.BrH.Zn/c1-2-18-12(17)5-4-10-13-8-6-11(15-10)16-9-3-7-14-16;8-7-9-4-2-6(11-7)12-5-1-3-10-12;1-3-5(6)7-4-2;;/h3,6-9H,2,4-5H2,1H3;1-5H;1,3-4H2,2H3;1H;/q;;-1;;+2/p-1. The monoisotopic (exact) mass is 670 g/mol. The topological polar surface area (TPSA) is 140 Å². The second kappa shape index (κ2) is 20.8. The number of hydrogen-bond acceptors (Lipinski definition) is 10. The van der Waals surface area contributed by atoms with Gasteiger partial charge in [0.2, 0.25) is 5.28 Å². The second-order valence-corrected chi connectivity index (χ2v) is 7.11. The molecule has 0 saturated carbocycles. The number of carbonyl (C=O) groups excluding carboxylic acids is 2. The van der Waals surface area contributed by atoms with Crippen LogP contribution in [0, 0.1) is 6.92 Å². The number of hydrogen-bond donors (Lipinski definition) is 0. The van der Waals surface area contributed by atoms with E-state index in [1.54, 1.807) is 72.5 Å². The van der Waals surface area contributed by atoms with Crippen molar-refractivity contribution in [2.24, 2.45) is 0 Å². The van der Waals surface area contributed by atoms with Gasteiger partial charge in [-0.3, -0.25) is 9.59 Å². The van der Waals surface area contributed by atoms with Crippen molar-refractivity contribution in [2.75, 3.05) is 13.2 Å². The number of carbonyl (C=O) groups is 2. The SMILES string of the molecule is CCOC(=O)CCc1nccc(-n2cccn2)n1.Clc1nccc(-n2cccn2)n1.[CH2-]CC(=O)OCC.[Zn+][Br]. The zero-order valence-electron chi connectivity index (χ0n) is 21.7. The van der Waals surface area contributed by atoms with Crippen molar-refractivity contribution in [2.45, 2.75) is 33.1 Å². The third kappa shape index (κ3) is 14.0. The Morgan fingerprint density at radius 3 is 1.90 bits per heavy atom. The van der Waals surface area contributed by atoms with Crippen LogP contribution in [0.4, 0.5) is 0 Å². The summed E-state index contributed by atoms with van der Waals surface area (Å²) < 4.78 is 12.6. The van der Waals surface area contributed by atoms with Crippen LogP contribution in [-0.4, -0.2) is 64.6 Å². The van der Waals surface area contributed by atoms with E-state index in [-0.39, 0.29) is 30.1 Å². The summed E-state index contributed by atoms with van der Waals surface area (Å²) in [7, 11) is 0. The fraction of sp³-hybridized carbons (Fsp3) is 0.292. The molecule has 0 N–H and O–H groups in total. The number of esters is 2. The van der Waals surface area contributed by atoms with E-state index in [0.717, 1.165) is 0 Å². The first kappa shape index (κ1) is 33.9. The summed E-state index contributed by atoms with van der Waals surface area (Å²) in [6, 6.07) is 7.14. The Hall–Kier alpha value is -3.09. The molecule has 0 atom stereocenters. The van der Waals surface area contributed by atoms with Gasteiger partial charge in [-0.15, -0.1) is 0 Å². The number of aryl methyl sites for hydroxylation is 1. The van der Waals surface area contributed by atoms with E-state index in [1.807, 2.05) is 12.1 Å². The van der Waals surface area contributed by atoms with Crippen molar-refractivity contribution in [3.8, 4) is 11.6 Å². The van der Waals surface area contributed by atoms with Gasteiger partial charge in [-0.25, -0.2) is 24.3 Å². The molecule has 0 spiro atoms. The normalized spacial score (nSPS) is 9.51. The molecular formula is C24H28BrClN8O4Zn. The predicted octanol–water partition coefficient (Wildman–Crippen LogP) is 4.09. The van der Waals surface area contributed by atoms with E-state index in [2.05, 4.69) is 55.4 Å². The quantitative estimate of drug-likeness (QED) is 0.116. The molecule has 0 bridgehead atoms. The number of aromatic nitrogens is 8. The van der Waals surface area contributed by atoms with Crippen LogP contribution in [0.25, 0.3) is 11.6 Å². The van der Waals surface area contributed by atoms with E-state index < -0.39 is 0 Å². The molecular weight excluding hydrogens is 645 g/mol. The predicted molar refractivity (Wildman–Crippen MR) is 144 cm³/mol. The van der Waals surface area contributed by atoms with Crippen LogP contribution in [0.5, 0.6) is 0 Å². The Morgan fingerprint density at radius 1 is 0.897 bits per heavy atom. The molecule has 0 saturated heterocycles. The summed E-state index contributed by atoms with van der Waals surface area (Å²) in [5.74, 6) is 1.50. The molecule has 12 nitrogen and oxygen atoms in total. The fourth-order valence-corrected chi connectivity index (χ4v) is 2.72. The summed E-state index contributed by atoms with van der Waals surface area (Å²) in [4.78, 5) is 37.5. The van der Waals surface area contributed by atoms with Crippen molar-refractivity contribution in [1.29, 1.82) is 0 Å². The number of halogens is 2. The molecule has 4 heterocycles. The Kier molecular flexibility index (Phi) is 18.1. The summed E-state index contributed by atoms with van der Waals surface area (Å²) >= 11 is 9.85. The minimum atomic E-state index is -0.234. The van der Waals surface area contributed by atoms with Gasteiger partial charge < -0.3 is 16.4 Å². The molecule has 0 fully saturated rings. The van der Waals surface area contributed by atoms with Crippen LogP contribution in [0.3, 0.4) is 0 Å². The van der Waals surface area contributed by atoms with Gasteiger partial charge in [0, 0.05) is 55.7 Å². The van der Waals surface area contributed by atoms with Gasteiger partial charge in [-0.1, -0.05) is 6.42 Å². The van der Waals surface area contributed by atoms with E-state index >= 15 is 0 Å². The van der Waals surface area contributed by atoms with Gasteiger partial charge >= 0.3 is 35.9 Å². The summed E-state index contributed by atoms with van der Waals surface area (Å²) in [6.07, 6.45) is 11.2. The number of nitrogens with zero attached hydrogens (tertiary/aromatic N) is 8. The van der Waals surface area contributed by atoms with Gasteiger partial charge in [0.15, 0.2) is 11.6 Å². The Bertz CT molecular complexity index is 1220. The molecule has 4 rings (SSSR count). The van der Waals surface area contributed by atoms with Crippen molar-refractivity contribution in [3.63, 3.8) is 0 Å². The van der Waals surface area contributed by atoms with Gasteiger partial charge in [0.05, 0.1) is 19.6 Å². The molecule has 0 aromatic carbocycles. The molecule has 39 heavy (non-hydrogen) atoms. The fourth-order valence-electron chi connectivity index (χ4n) is 2.58. The first-order valence-electron chi connectivity index (χ1n) is 11.6. The molecule has 0 unspecified atom stereocenters. The third-order valence-electron chi connectivity index (χ3n) is 4.15. The van der Waals surface area contributed by atoms with Gasteiger partial charge in [-0.2, -0.15) is 15.2 Å². The molecule has 4 aromatic heterocycles. The van der Waals surface area contributed by atoms with Crippen molar-refractivity contribution >= 4 is 37.2 Å². The van der Waals surface area contributed by atoms with Crippen LogP contribution in [0.2, 0.25) is 5.28 Å². The molecule has 0 aliphatic heterocycles. The zero-order chi connectivity index (χ0) is 28.9. The van der Waals surface area contributed by atoms with E-state index in [0.29, 0.717) is 37.1 Å². The van der Waals surface area contributed by atoms with Gasteiger partial charge in [-0.05, 0) is 37.6 Å². The first-order chi connectivity index (χ1) is 19.0. The number of ether oxygens (including phenoxy) is 2. The average molecular weight is 673 g/mol. The molecule has 0 aliphatic carbocycles. The van der Waals surface area contributed by atoms with Crippen LogP contribution in [-0.2, 0) is 41.8 Å². The Morgan fingerprint density at radius 2 is 1.44 bits per heavy atom. The summed E-state index contributed by atoms with van der Waals surface area (Å²) in [5, 5.41) is 8.31. The van der Waals surface area contributed by atoms with Gasteiger partial charge in [0.1, 0.15) is 5.82 Å². The molecule has 0 amide bonds. The van der Waals surface area contributed by atoms with Crippen molar-refractivity contribution in [3.05, 3.63) is 79.5 Å². The Balaban J connectivity index is 0.000000312.